The van der Waals surface area contributed by atoms with Gasteiger partial charge in [0.15, 0.2) is 0 Å². The van der Waals surface area contributed by atoms with Crippen molar-refractivity contribution in [1.29, 1.82) is 0 Å². The molecule has 2 heterocycles. The Morgan fingerprint density at radius 2 is 2.12 bits per heavy atom. The molecule has 0 saturated carbocycles. The van der Waals surface area contributed by atoms with E-state index in [1.165, 1.54) is 12.1 Å². The van der Waals surface area contributed by atoms with E-state index in [0.717, 1.165) is 24.0 Å². The second kappa shape index (κ2) is 7.40. The highest BCUT2D eigenvalue weighted by Gasteiger charge is 2.29. The molecule has 1 aromatic heterocycles. The predicted octanol–water partition coefficient (Wildman–Crippen LogP) is 3.57. The zero-order valence-corrected chi connectivity index (χ0v) is 13.5. The summed E-state index contributed by atoms with van der Waals surface area (Å²) in [6.45, 7) is 2.55. The summed E-state index contributed by atoms with van der Waals surface area (Å²) in [7, 11) is 0. The molecule has 6 heteroatoms. The number of aryl methyl sites for hydroxylation is 1. The van der Waals surface area contributed by atoms with E-state index in [9.17, 15) is 9.18 Å². The van der Waals surface area contributed by atoms with Crippen LogP contribution in [0.25, 0.3) is 0 Å². The number of ether oxygens (including phenoxy) is 1. The van der Waals surface area contributed by atoms with Gasteiger partial charge in [-0.05, 0) is 49.1 Å². The van der Waals surface area contributed by atoms with Crippen molar-refractivity contribution in [2.24, 2.45) is 0 Å². The number of carbonyl (C=O) groups is 1. The summed E-state index contributed by atoms with van der Waals surface area (Å²) in [4.78, 5) is 16.5. The highest BCUT2D eigenvalue weighted by molar-refractivity contribution is 5.89. The number of aromatic nitrogens is 1. The molecule has 1 aliphatic heterocycles. The Morgan fingerprint density at radius 1 is 1.33 bits per heavy atom. The fraction of sp³-hybridized carbons (Fsp3) is 0.333. The van der Waals surface area contributed by atoms with Crippen molar-refractivity contribution < 1.29 is 13.9 Å². The topological polar surface area (TPSA) is 63.2 Å². The third-order valence-electron chi connectivity index (χ3n) is 4.09. The maximum Gasteiger partial charge on any atom is 0.320 e. The van der Waals surface area contributed by atoms with Crippen LogP contribution in [-0.2, 0) is 4.74 Å². The van der Waals surface area contributed by atoms with Gasteiger partial charge in [0, 0.05) is 12.8 Å². The van der Waals surface area contributed by atoms with Gasteiger partial charge in [-0.1, -0.05) is 18.2 Å². The van der Waals surface area contributed by atoms with Crippen molar-refractivity contribution in [3.63, 3.8) is 0 Å². The molecule has 2 atom stereocenters. The lowest BCUT2D eigenvalue weighted by Gasteiger charge is -2.25. The van der Waals surface area contributed by atoms with Crippen LogP contribution in [0.4, 0.5) is 15.0 Å². The summed E-state index contributed by atoms with van der Waals surface area (Å²) in [5.41, 5.74) is 1.69. The summed E-state index contributed by atoms with van der Waals surface area (Å²) in [5, 5.41) is 5.69. The van der Waals surface area contributed by atoms with Crippen LogP contribution < -0.4 is 10.6 Å². The van der Waals surface area contributed by atoms with Crippen LogP contribution in [0.5, 0.6) is 0 Å². The molecule has 2 N–H and O–H groups in total. The Morgan fingerprint density at radius 3 is 2.79 bits per heavy atom. The molecule has 0 aliphatic carbocycles. The van der Waals surface area contributed by atoms with E-state index >= 15 is 0 Å². The highest BCUT2D eigenvalue weighted by Crippen LogP contribution is 2.27. The summed E-state index contributed by atoms with van der Waals surface area (Å²) in [5.74, 6) is 0.207. The number of anilines is 1. The van der Waals surface area contributed by atoms with Crippen LogP contribution in [0.3, 0.4) is 0 Å². The number of hydrogen-bond donors (Lipinski definition) is 2. The Balaban J connectivity index is 1.75. The molecular formula is C18H20FN3O2. The number of rotatable bonds is 4. The quantitative estimate of drug-likeness (QED) is 0.901. The van der Waals surface area contributed by atoms with E-state index < -0.39 is 0 Å². The normalized spacial score (nSPS) is 18.2. The van der Waals surface area contributed by atoms with Gasteiger partial charge in [0.1, 0.15) is 11.6 Å². The van der Waals surface area contributed by atoms with Crippen LogP contribution in [-0.4, -0.2) is 23.7 Å². The summed E-state index contributed by atoms with van der Waals surface area (Å²) in [6.07, 6.45) is 3.31. The molecule has 0 unspecified atom stereocenters. The predicted molar refractivity (Wildman–Crippen MR) is 89.2 cm³/mol. The molecule has 126 valence electrons. The summed E-state index contributed by atoms with van der Waals surface area (Å²) >= 11 is 0. The van der Waals surface area contributed by atoms with Gasteiger partial charge in [0.2, 0.25) is 0 Å². The number of carbonyl (C=O) groups excluding carboxylic acids is 1. The first kappa shape index (κ1) is 16.4. The zero-order valence-electron chi connectivity index (χ0n) is 13.5. The zero-order chi connectivity index (χ0) is 16.9. The minimum atomic E-state index is -0.360. The lowest BCUT2D eigenvalue weighted by atomic mass is 9.99. The van der Waals surface area contributed by atoms with Gasteiger partial charge < -0.3 is 10.1 Å². The van der Waals surface area contributed by atoms with Crippen molar-refractivity contribution in [3.05, 3.63) is 59.5 Å². The van der Waals surface area contributed by atoms with E-state index in [4.69, 9.17) is 4.74 Å². The number of nitrogens with one attached hydrogen (secondary N) is 2. The number of hydrogen-bond acceptors (Lipinski definition) is 3. The molecule has 1 aromatic carbocycles. The van der Waals surface area contributed by atoms with Crippen molar-refractivity contribution in [1.82, 2.24) is 10.3 Å². The molecule has 3 rings (SSSR count). The van der Waals surface area contributed by atoms with Crippen molar-refractivity contribution >= 4 is 11.8 Å². The SMILES string of the molecule is Cc1cccnc1NC(=O)N[C@H](c1ccc(F)cc1)[C@@H]1CCCO1. The van der Waals surface area contributed by atoms with Gasteiger partial charge >= 0.3 is 6.03 Å². The van der Waals surface area contributed by atoms with Crippen molar-refractivity contribution in [3.8, 4) is 0 Å². The molecule has 1 saturated heterocycles. The monoisotopic (exact) mass is 329 g/mol. The Bertz CT molecular complexity index is 700. The Hall–Kier alpha value is -2.47. The molecule has 5 nitrogen and oxygen atoms in total. The molecule has 0 spiro atoms. The largest absolute Gasteiger partial charge is 0.376 e. The summed E-state index contributed by atoms with van der Waals surface area (Å²) in [6, 6.07) is 9.12. The molecule has 2 amide bonds. The first-order valence-electron chi connectivity index (χ1n) is 7.99. The first-order chi connectivity index (χ1) is 11.6. The molecule has 24 heavy (non-hydrogen) atoms. The minimum Gasteiger partial charge on any atom is -0.376 e. The van der Waals surface area contributed by atoms with Gasteiger partial charge in [-0.2, -0.15) is 0 Å². The number of urea groups is 1. The standard InChI is InChI=1S/C18H20FN3O2/c1-12-4-2-10-20-17(12)22-18(23)21-16(15-5-3-11-24-15)13-6-8-14(19)9-7-13/h2,4,6-10,15-16H,3,5,11H2,1H3,(H2,20,21,22,23)/t15-,16+/m0/s1. The van der Waals surface area contributed by atoms with Gasteiger partial charge in [0.05, 0.1) is 12.1 Å². The lowest BCUT2D eigenvalue weighted by Crippen LogP contribution is -2.39. The number of benzene rings is 1. The second-order valence-corrected chi connectivity index (χ2v) is 5.85. The van der Waals surface area contributed by atoms with Crippen LogP contribution in [0.1, 0.15) is 30.0 Å². The lowest BCUT2D eigenvalue weighted by molar-refractivity contribution is 0.0815. The van der Waals surface area contributed by atoms with Gasteiger partial charge in [-0.15, -0.1) is 0 Å². The van der Waals surface area contributed by atoms with Crippen LogP contribution in [0, 0.1) is 12.7 Å². The van der Waals surface area contributed by atoms with E-state index in [1.54, 1.807) is 18.3 Å². The molecule has 1 fully saturated rings. The maximum atomic E-state index is 13.2. The Labute approximate surface area is 140 Å². The number of amides is 2. The van der Waals surface area contributed by atoms with E-state index in [2.05, 4.69) is 15.6 Å². The van der Waals surface area contributed by atoms with E-state index in [-0.39, 0.29) is 24.0 Å². The minimum absolute atomic E-state index is 0.119. The number of pyridine rings is 1. The number of nitrogens with zero attached hydrogens (tertiary/aromatic N) is 1. The highest BCUT2D eigenvalue weighted by atomic mass is 19.1. The second-order valence-electron chi connectivity index (χ2n) is 5.85. The van der Waals surface area contributed by atoms with Crippen LogP contribution in [0.15, 0.2) is 42.6 Å². The average molecular weight is 329 g/mol. The van der Waals surface area contributed by atoms with Gasteiger partial charge in [0.25, 0.3) is 0 Å². The fourth-order valence-corrected chi connectivity index (χ4v) is 2.83. The van der Waals surface area contributed by atoms with Crippen LogP contribution in [0.2, 0.25) is 0 Å². The fourth-order valence-electron chi connectivity index (χ4n) is 2.83. The number of halogens is 1. The van der Waals surface area contributed by atoms with E-state index in [1.807, 2.05) is 19.1 Å². The van der Waals surface area contributed by atoms with Crippen molar-refractivity contribution in [2.75, 3.05) is 11.9 Å². The first-order valence-corrected chi connectivity index (χ1v) is 7.99. The molecule has 0 bridgehead atoms. The van der Waals surface area contributed by atoms with Crippen LogP contribution >= 0.6 is 0 Å². The molecule has 1 aliphatic rings. The summed E-state index contributed by atoms with van der Waals surface area (Å²) < 4.78 is 18.9. The molecular weight excluding hydrogens is 309 g/mol. The smallest absolute Gasteiger partial charge is 0.320 e. The molecule has 0 radical (unpaired) electrons. The Kier molecular flexibility index (Phi) is 5.05. The van der Waals surface area contributed by atoms with Gasteiger partial charge in [-0.25, -0.2) is 14.2 Å². The molecule has 2 aromatic rings. The van der Waals surface area contributed by atoms with Gasteiger partial charge in [-0.3, -0.25) is 5.32 Å². The third-order valence-corrected chi connectivity index (χ3v) is 4.09. The third kappa shape index (κ3) is 3.89. The van der Waals surface area contributed by atoms with E-state index in [0.29, 0.717) is 12.4 Å². The van der Waals surface area contributed by atoms with Crippen molar-refractivity contribution in [2.45, 2.75) is 31.9 Å². The average Bonchev–Trinajstić information content (AvgIpc) is 3.10. The maximum absolute atomic E-state index is 13.2.